The van der Waals surface area contributed by atoms with Crippen molar-refractivity contribution in [2.75, 3.05) is 0 Å². The van der Waals surface area contributed by atoms with Crippen molar-refractivity contribution in [3.8, 4) is 11.3 Å². The molecule has 1 saturated heterocycles. The van der Waals surface area contributed by atoms with Gasteiger partial charge in [-0.3, -0.25) is 9.69 Å². The average molecular weight is 460 g/mol. The first kappa shape index (κ1) is 20.2. The molecule has 3 nitrogen and oxygen atoms in total. The number of nitrogens with zero attached hydrogens (tertiary/aromatic N) is 1. The van der Waals surface area contributed by atoms with Crippen LogP contribution in [0, 0.1) is 0 Å². The summed E-state index contributed by atoms with van der Waals surface area (Å²) in [7, 11) is 0. The Morgan fingerprint density at radius 2 is 1.86 bits per heavy atom. The van der Waals surface area contributed by atoms with Crippen LogP contribution in [0.2, 0.25) is 10.0 Å². The zero-order chi connectivity index (χ0) is 20.5. The highest BCUT2D eigenvalue weighted by Gasteiger charge is 2.36. The molecule has 3 aromatic rings. The molecule has 0 N–H and O–H groups in total. The lowest BCUT2D eigenvalue weighted by molar-refractivity contribution is -0.123. The molecule has 1 aliphatic rings. The number of benzene rings is 2. The summed E-state index contributed by atoms with van der Waals surface area (Å²) < 4.78 is 6.41. The fourth-order valence-electron chi connectivity index (χ4n) is 3.09. The molecule has 2 heterocycles. The molecule has 0 bridgehead atoms. The first-order chi connectivity index (χ1) is 13.9. The molecule has 7 heteroatoms. The minimum absolute atomic E-state index is 0.130. The van der Waals surface area contributed by atoms with Gasteiger partial charge in [0.2, 0.25) is 0 Å². The molecule has 1 amide bonds. The van der Waals surface area contributed by atoms with Crippen LogP contribution in [0.15, 0.2) is 70.0 Å². The lowest BCUT2D eigenvalue weighted by Gasteiger charge is -2.23. The number of rotatable bonds is 4. The van der Waals surface area contributed by atoms with E-state index >= 15 is 0 Å². The van der Waals surface area contributed by atoms with Crippen molar-refractivity contribution in [1.29, 1.82) is 0 Å². The van der Waals surface area contributed by atoms with Crippen molar-refractivity contribution in [2.45, 2.75) is 13.0 Å². The van der Waals surface area contributed by atoms with Crippen LogP contribution in [0.25, 0.3) is 17.4 Å². The zero-order valence-electron chi connectivity index (χ0n) is 15.3. The van der Waals surface area contributed by atoms with Crippen LogP contribution >= 0.6 is 47.2 Å². The van der Waals surface area contributed by atoms with E-state index in [0.29, 0.717) is 36.4 Å². The van der Waals surface area contributed by atoms with Crippen molar-refractivity contribution < 1.29 is 9.21 Å². The van der Waals surface area contributed by atoms with Crippen LogP contribution < -0.4 is 0 Å². The molecular weight excluding hydrogens is 445 g/mol. The van der Waals surface area contributed by atoms with Gasteiger partial charge in [-0.25, -0.2) is 0 Å². The van der Waals surface area contributed by atoms with Gasteiger partial charge in [-0.2, -0.15) is 0 Å². The predicted octanol–water partition coefficient (Wildman–Crippen LogP) is 7.22. The third-order valence-electron chi connectivity index (χ3n) is 4.59. The van der Waals surface area contributed by atoms with Gasteiger partial charge in [0, 0.05) is 16.7 Å². The highest BCUT2D eigenvalue weighted by atomic mass is 35.5. The lowest BCUT2D eigenvalue weighted by Crippen LogP contribution is -2.30. The molecule has 0 spiro atoms. The Morgan fingerprint density at radius 1 is 1.10 bits per heavy atom. The van der Waals surface area contributed by atoms with Gasteiger partial charge in [0.25, 0.3) is 5.91 Å². The highest BCUT2D eigenvalue weighted by molar-refractivity contribution is 8.26. The average Bonchev–Trinajstić information content (AvgIpc) is 3.28. The highest BCUT2D eigenvalue weighted by Crippen LogP contribution is 2.39. The largest absolute Gasteiger partial charge is 0.457 e. The van der Waals surface area contributed by atoms with Gasteiger partial charge in [-0.05, 0) is 42.8 Å². The van der Waals surface area contributed by atoms with Crippen LogP contribution in [0.3, 0.4) is 0 Å². The first-order valence-electron chi connectivity index (χ1n) is 8.81. The molecule has 0 saturated carbocycles. The molecule has 0 aliphatic carbocycles. The maximum Gasteiger partial charge on any atom is 0.266 e. The second kappa shape index (κ2) is 8.36. The second-order valence-corrected chi connectivity index (χ2v) is 8.98. The summed E-state index contributed by atoms with van der Waals surface area (Å²) in [6, 6.07) is 18.4. The lowest BCUT2D eigenvalue weighted by atomic mass is 10.1. The molecule has 1 atom stereocenters. The molecule has 2 aromatic carbocycles. The SMILES string of the molecule is C[C@H](c1ccccc1)N1C(=O)/C(=C\c2ccc(-c3cc(Cl)ccc3Cl)o2)SC1=S. The predicted molar refractivity (Wildman–Crippen MR) is 124 cm³/mol. The summed E-state index contributed by atoms with van der Waals surface area (Å²) in [4.78, 5) is 15.1. The number of furan rings is 1. The number of halogens is 2. The Balaban J connectivity index is 1.60. The van der Waals surface area contributed by atoms with Crippen LogP contribution in [0.4, 0.5) is 0 Å². The fraction of sp³-hybridized carbons (Fsp3) is 0.0909. The van der Waals surface area contributed by atoms with E-state index in [1.807, 2.05) is 37.3 Å². The van der Waals surface area contributed by atoms with E-state index in [1.165, 1.54) is 11.8 Å². The van der Waals surface area contributed by atoms with Gasteiger partial charge >= 0.3 is 0 Å². The van der Waals surface area contributed by atoms with E-state index in [1.54, 1.807) is 41.3 Å². The van der Waals surface area contributed by atoms with Crippen LogP contribution in [-0.2, 0) is 4.79 Å². The number of amides is 1. The van der Waals surface area contributed by atoms with Crippen molar-refractivity contribution in [3.63, 3.8) is 0 Å². The van der Waals surface area contributed by atoms with Crippen LogP contribution in [0.1, 0.15) is 24.3 Å². The smallest absolute Gasteiger partial charge is 0.266 e. The van der Waals surface area contributed by atoms with E-state index in [4.69, 9.17) is 39.8 Å². The van der Waals surface area contributed by atoms with Gasteiger partial charge < -0.3 is 4.42 Å². The van der Waals surface area contributed by atoms with E-state index in [0.717, 1.165) is 5.56 Å². The molecule has 4 rings (SSSR count). The Bertz CT molecular complexity index is 1120. The molecule has 0 unspecified atom stereocenters. The maximum absolute atomic E-state index is 13.0. The molecule has 1 aromatic heterocycles. The number of carbonyl (C=O) groups is 1. The monoisotopic (exact) mass is 459 g/mol. The molecule has 1 aliphatic heterocycles. The van der Waals surface area contributed by atoms with E-state index in [9.17, 15) is 4.79 Å². The Hall–Kier alpha value is -2.05. The van der Waals surface area contributed by atoms with Crippen LogP contribution in [0.5, 0.6) is 0 Å². The summed E-state index contributed by atoms with van der Waals surface area (Å²) in [6.45, 7) is 1.97. The van der Waals surface area contributed by atoms with E-state index < -0.39 is 0 Å². The number of hydrogen-bond acceptors (Lipinski definition) is 4. The Kier molecular flexibility index (Phi) is 5.83. The Labute approximate surface area is 188 Å². The number of thiocarbonyl (C=S) groups is 1. The van der Waals surface area contributed by atoms with Crippen molar-refractivity contribution in [3.05, 3.63) is 86.9 Å². The number of carbonyl (C=O) groups excluding carboxylic acids is 1. The minimum atomic E-state index is -0.146. The summed E-state index contributed by atoms with van der Waals surface area (Å²) >= 11 is 19.0. The first-order valence-corrected chi connectivity index (χ1v) is 10.8. The quantitative estimate of drug-likeness (QED) is 0.304. The maximum atomic E-state index is 13.0. The molecule has 29 heavy (non-hydrogen) atoms. The minimum Gasteiger partial charge on any atom is -0.457 e. The number of thioether (sulfide) groups is 1. The van der Waals surface area contributed by atoms with Gasteiger partial charge in [0.1, 0.15) is 15.8 Å². The van der Waals surface area contributed by atoms with Crippen molar-refractivity contribution in [1.82, 2.24) is 4.90 Å². The van der Waals surface area contributed by atoms with Crippen molar-refractivity contribution >= 4 is 63.5 Å². The molecule has 146 valence electrons. The Morgan fingerprint density at radius 3 is 2.62 bits per heavy atom. The number of hydrogen-bond donors (Lipinski definition) is 0. The summed E-state index contributed by atoms with van der Waals surface area (Å²) in [6.07, 6.45) is 1.71. The second-order valence-electron chi connectivity index (χ2n) is 6.46. The third kappa shape index (κ3) is 4.14. The zero-order valence-corrected chi connectivity index (χ0v) is 18.4. The van der Waals surface area contributed by atoms with Gasteiger partial charge in [0.15, 0.2) is 0 Å². The molecule has 1 fully saturated rings. The summed E-state index contributed by atoms with van der Waals surface area (Å²) in [5, 5.41) is 1.11. The fourth-order valence-corrected chi connectivity index (χ4v) is 4.87. The summed E-state index contributed by atoms with van der Waals surface area (Å²) in [5.74, 6) is 0.996. The van der Waals surface area contributed by atoms with E-state index in [-0.39, 0.29) is 11.9 Å². The van der Waals surface area contributed by atoms with E-state index in [2.05, 4.69) is 0 Å². The summed E-state index contributed by atoms with van der Waals surface area (Å²) in [5.41, 5.74) is 1.73. The van der Waals surface area contributed by atoms with Gasteiger partial charge in [-0.1, -0.05) is 77.5 Å². The topological polar surface area (TPSA) is 33.5 Å². The standard InChI is InChI=1S/C22H15Cl2NO2S2/c1-13(14-5-3-2-4-6-14)25-21(26)20(29-22(25)28)12-16-8-10-19(27-16)17-11-15(23)7-9-18(17)24/h2-13H,1H3/b20-12+/t13-/m1/s1. The van der Waals surface area contributed by atoms with Crippen molar-refractivity contribution in [2.24, 2.45) is 0 Å². The normalized spacial score (nSPS) is 16.7. The molecule has 0 radical (unpaired) electrons. The van der Waals surface area contributed by atoms with Crippen LogP contribution in [-0.4, -0.2) is 15.1 Å². The molecular formula is C22H15Cl2NO2S2. The van der Waals surface area contributed by atoms with Gasteiger partial charge in [-0.15, -0.1) is 0 Å². The third-order valence-corrected chi connectivity index (χ3v) is 6.48. The van der Waals surface area contributed by atoms with Gasteiger partial charge in [0.05, 0.1) is 16.0 Å².